The molecule has 0 saturated carbocycles. The summed E-state index contributed by atoms with van der Waals surface area (Å²) in [5.74, 6) is 0. The second-order valence-electron chi connectivity index (χ2n) is 2.50. The third kappa shape index (κ3) is 2.45. The molecule has 0 aliphatic carbocycles. The number of hydrogen-bond acceptors (Lipinski definition) is 0. The molecule has 0 heterocycles. The monoisotopic (exact) mass is 190 g/mol. The fourth-order valence-electron chi connectivity index (χ4n) is 0.934. The van der Waals surface area contributed by atoms with Crippen LogP contribution < -0.4 is 0 Å². The molecule has 0 radical (unpaired) electrons. The molecule has 0 bridgehead atoms. The lowest BCUT2D eigenvalue weighted by molar-refractivity contribution is 0.290. The Morgan fingerprint density at radius 2 is 1.83 bits per heavy atom. The first-order chi connectivity index (χ1) is 5.74. The molecule has 0 amide bonds. The van der Waals surface area contributed by atoms with Gasteiger partial charge in [0.05, 0.1) is 6.67 Å². The molecule has 1 rings (SSSR count). The van der Waals surface area contributed by atoms with Crippen LogP contribution in [0.5, 0.6) is 0 Å². The summed E-state index contributed by atoms with van der Waals surface area (Å²) in [5.41, 5.74) is 0.483. The van der Waals surface area contributed by atoms with Crippen molar-refractivity contribution >= 4 is 11.6 Å². The van der Waals surface area contributed by atoms with Crippen LogP contribution in [0.25, 0.3) is 0 Å². The van der Waals surface area contributed by atoms with Crippen LogP contribution in [0.1, 0.15) is 18.2 Å². The molecule has 0 saturated heterocycles. The average molecular weight is 191 g/mol. The van der Waals surface area contributed by atoms with Crippen LogP contribution in [0.15, 0.2) is 24.3 Å². The summed E-state index contributed by atoms with van der Waals surface area (Å²) < 4.78 is 24.7. The van der Waals surface area contributed by atoms with Gasteiger partial charge in [-0.1, -0.05) is 23.7 Å². The first kappa shape index (κ1) is 9.46. The van der Waals surface area contributed by atoms with Gasteiger partial charge < -0.3 is 0 Å². The minimum atomic E-state index is -1.22. The van der Waals surface area contributed by atoms with E-state index in [1.54, 1.807) is 24.3 Å². The van der Waals surface area contributed by atoms with E-state index in [-0.39, 0.29) is 6.42 Å². The van der Waals surface area contributed by atoms with Crippen LogP contribution in [0.4, 0.5) is 8.78 Å². The van der Waals surface area contributed by atoms with E-state index in [9.17, 15) is 8.78 Å². The Bertz CT molecular complexity index is 233. The summed E-state index contributed by atoms with van der Waals surface area (Å²) in [6, 6.07) is 6.34. The van der Waals surface area contributed by atoms with E-state index in [0.717, 1.165) is 0 Å². The summed E-state index contributed by atoms with van der Waals surface area (Å²) in [4.78, 5) is 0. The van der Waals surface area contributed by atoms with Gasteiger partial charge in [-0.25, -0.2) is 4.39 Å². The fourth-order valence-corrected chi connectivity index (χ4v) is 1.06. The lowest BCUT2D eigenvalue weighted by Crippen LogP contribution is -1.92. The Labute approximate surface area is 75.2 Å². The van der Waals surface area contributed by atoms with Crippen LogP contribution in [0.2, 0.25) is 5.02 Å². The van der Waals surface area contributed by atoms with Crippen molar-refractivity contribution in [3.63, 3.8) is 0 Å². The zero-order chi connectivity index (χ0) is 8.97. The predicted octanol–water partition coefficient (Wildman–Crippen LogP) is 3.71. The van der Waals surface area contributed by atoms with Crippen molar-refractivity contribution in [3.05, 3.63) is 34.9 Å². The molecule has 12 heavy (non-hydrogen) atoms. The van der Waals surface area contributed by atoms with E-state index in [4.69, 9.17) is 11.6 Å². The number of benzene rings is 1. The molecule has 1 atom stereocenters. The average Bonchev–Trinajstić information content (AvgIpc) is 2.06. The predicted molar refractivity (Wildman–Crippen MR) is 45.9 cm³/mol. The standard InChI is InChI=1S/C9H9ClF2/c10-8-3-1-7(2-4-8)9(12)5-6-11/h1-4,9H,5-6H2. The highest BCUT2D eigenvalue weighted by Crippen LogP contribution is 2.22. The molecule has 1 unspecified atom stereocenters. The van der Waals surface area contributed by atoms with Crippen molar-refractivity contribution in [3.8, 4) is 0 Å². The maximum absolute atomic E-state index is 13.0. The molecule has 3 heteroatoms. The fraction of sp³-hybridized carbons (Fsp3) is 0.333. The number of rotatable bonds is 3. The number of halogens is 3. The van der Waals surface area contributed by atoms with Crippen molar-refractivity contribution in [1.82, 2.24) is 0 Å². The van der Waals surface area contributed by atoms with Crippen LogP contribution in [-0.4, -0.2) is 6.67 Å². The van der Waals surface area contributed by atoms with E-state index >= 15 is 0 Å². The first-order valence-corrected chi connectivity index (χ1v) is 4.07. The number of hydrogen-bond donors (Lipinski definition) is 0. The van der Waals surface area contributed by atoms with Crippen molar-refractivity contribution in [2.24, 2.45) is 0 Å². The van der Waals surface area contributed by atoms with Crippen molar-refractivity contribution in [2.45, 2.75) is 12.6 Å². The molecule has 1 aromatic rings. The van der Waals surface area contributed by atoms with Gasteiger partial charge in [-0.15, -0.1) is 0 Å². The van der Waals surface area contributed by atoms with Crippen molar-refractivity contribution in [1.29, 1.82) is 0 Å². The SMILES string of the molecule is FCCC(F)c1ccc(Cl)cc1. The first-order valence-electron chi connectivity index (χ1n) is 3.69. The molecule has 66 valence electrons. The zero-order valence-electron chi connectivity index (χ0n) is 6.43. The van der Waals surface area contributed by atoms with E-state index in [1.807, 2.05) is 0 Å². The second kappa shape index (κ2) is 4.41. The summed E-state index contributed by atoms with van der Waals surface area (Å²) in [7, 11) is 0. The molecule has 0 spiro atoms. The van der Waals surface area contributed by atoms with Crippen molar-refractivity contribution in [2.75, 3.05) is 6.67 Å². The molecule has 0 nitrogen and oxygen atoms in total. The van der Waals surface area contributed by atoms with Gasteiger partial charge in [0.25, 0.3) is 0 Å². The van der Waals surface area contributed by atoms with E-state index < -0.39 is 12.8 Å². The van der Waals surface area contributed by atoms with E-state index in [2.05, 4.69) is 0 Å². The van der Waals surface area contributed by atoms with Gasteiger partial charge in [-0.2, -0.15) is 0 Å². The van der Waals surface area contributed by atoms with Gasteiger partial charge in [0.15, 0.2) is 0 Å². The Morgan fingerprint density at radius 1 is 1.25 bits per heavy atom. The van der Waals surface area contributed by atoms with E-state index in [0.29, 0.717) is 10.6 Å². The molecule has 0 aromatic heterocycles. The topological polar surface area (TPSA) is 0 Å². The van der Waals surface area contributed by atoms with E-state index in [1.165, 1.54) is 0 Å². The van der Waals surface area contributed by atoms with Crippen LogP contribution in [0, 0.1) is 0 Å². The van der Waals surface area contributed by atoms with Gasteiger partial charge in [0.1, 0.15) is 6.17 Å². The van der Waals surface area contributed by atoms with Gasteiger partial charge in [0, 0.05) is 11.4 Å². The third-order valence-electron chi connectivity index (χ3n) is 1.59. The summed E-state index contributed by atoms with van der Waals surface area (Å²) in [5, 5.41) is 0.561. The van der Waals surface area contributed by atoms with Gasteiger partial charge in [-0.05, 0) is 17.7 Å². The highest BCUT2D eigenvalue weighted by molar-refractivity contribution is 6.30. The molecular weight excluding hydrogens is 182 g/mol. The van der Waals surface area contributed by atoms with Gasteiger partial charge in [0.2, 0.25) is 0 Å². The highest BCUT2D eigenvalue weighted by atomic mass is 35.5. The largest absolute Gasteiger partial charge is 0.251 e. The van der Waals surface area contributed by atoms with Crippen LogP contribution in [0.3, 0.4) is 0 Å². The lowest BCUT2D eigenvalue weighted by Gasteiger charge is -2.04. The van der Waals surface area contributed by atoms with Crippen molar-refractivity contribution < 1.29 is 8.78 Å². The smallest absolute Gasteiger partial charge is 0.128 e. The zero-order valence-corrected chi connectivity index (χ0v) is 7.19. The summed E-state index contributed by atoms with van der Waals surface area (Å²) in [6.45, 7) is -0.635. The maximum Gasteiger partial charge on any atom is 0.128 e. The molecule has 0 aliphatic heterocycles. The minimum absolute atomic E-state index is 0.0817. The Morgan fingerprint density at radius 3 is 2.33 bits per heavy atom. The Balaban J connectivity index is 2.68. The van der Waals surface area contributed by atoms with Gasteiger partial charge >= 0.3 is 0 Å². The normalized spacial score (nSPS) is 12.9. The highest BCUT2D eigenvalue weighted by Gasteiger charge is 2.08. The maximum atomic E-state index is 13.0. The minimum Gasteiger partial charge on any atom is -0.251 e. The molecular formula is C9H9ClF2. The quantitative estimate of drug-likeness (QED) is 0.682. The summed E-state index contributed by atoms with van der Waals surface area (Å²) >= 11 is 5.60. The molecule has 0 aliphatic rings. The summed E-state index contributed by atoms with van der Waals surface area (Å²) in [6.07, 6.45) is -1.30. The molecule has 0 N–H and O–H groups in total. The van der Waals surface area contributed by atoms with Crippen LogP contribution >= 0.6 is 11.6 Å². The molecule has 0 fully saturated rings. The second-order valence-corrected chi connectivity index (χ2v) is 2.93. The third-order valence-corrected chi connectivity index (χ3v) is 1.85. The molecule has 1 aromatic carbocycles. The Hall–Kier alpha value is -0.630. The lowest BCUT2D eigenvalue weighted by atomic mass is 10.1. The Kier molecular flexibility index (Phi) is 3.48. The van der Waals surface area contributed by atoms with Gasteiger partial charge in [-0.3, -0.25) is 4.39 Å². The van der Waals surface area contributed by atoms with Crippen LogP contribution in [-0.2, 0) is 0 Å². The number of alkyl halides is 2.